The number of hydrogen-bond acceptors (Lipinski definition) is 4. The van der Waals surface area contributed by atoms with Crippen LogP contribution in [0.3, 0.4) is 0 Å². The second-order valence-electron chi connectivity index (χ2n) is 4.04. The molecule has 0 radical (unpaired) electrons. The van der Waals surface area contributed by atoms with Gasteiger partial charge in [0.15, 0.2) is 0 Å². The summed E-state index contributed by atoms with van der Waals surface area (Å²) in [6.07, 6.45) is 2.91. The molecule has 1 unspecified atom stereocenters. The van der Waals surface area contributed by atoms with E-state index in [0.717, 1.165) is 30.6 Å². The Morgan fingerprint density at radius 2 is 2.18 bits per heavy atom. The van der Waals surface area contributed by atoms with Crippen LogP contribution in [0.15, 0.2) is 16.3 Å². The average molecular weight is 277 g/mol. The van der Waals surface area contributed by atoms with Crippen LogP contribution in [0.2, 0.25) is 0 Å². The van der Waals surface area contributed by atoms with Gasteiger partial charge in [0.1, 0.15) is 4.21 Å². The highest BCUT2D eigenvalue weighted by Gasteiger charge is 2.19. The molecule has 1 aromatic rings. The lowest BCUT2D eigenvalue weighted by Gasteiger charge is -2.12. The predicted octanol–water partition coefficient (Wildman–Crippen LogP) is 2.10. The van der Waals surface area contributed by atoms with Gasteiger partial charge in [-0.15, -0.1) is 11.3 Å². The highest BCUT2D eigenvalue weighted by Crippen LogP contribution is 2.21. The van der Waals surface area contributed by atoms with E-state index in [4.69, 9.17) is 5.11 Å². The molecular formula is C11H19NO3S2. The molecule has 1 rings (SSSR count). The number of aliphatic hydroxyl groups is 1. The summed E-state index contributed by atoms with van der Waals surface area (Å²) in [6, 6.07) is 3.11. The highest BCUT2D eigenvalue weighted by molar-refractivity contribution is 7.91. The van der Waals surface area contributed by atoms with Gasteiger partial charge in [0.25, 0.3) is 0 Å². The van der Waals surface area contributed by atoms with Crippen molar-refractivity contribution < 1.29 is 13.5 Å². The first-order valence-electron chi connectivity index (χ1n) is 5.71. The van der Waals surface area contributed by atoms with Crippen LogP contribution >= 0.6 is 11.3 Å². The second kappa shape index (κ2) is 6.49. The Morgan fingerprint density at radius 3 is 2.71 bits per heavy atom. The summed E-state index contributed by atoms with van der Waals surface area (Å²) in [5.74, 6) is 0. The molecule has 98 valence electrons. The molecular weight excluding hydrogens is 258 g/mol. The molecule has 1 atom stereocenters. The number of rotatable bonds is 7. The Bertz CT molecular complexity index is 439. The van der Waals surface area contributed by atoms with E-state index in [1.54, 1.807) is 6.07 Å². The van der Waals surface area contributed by atoms with Crippen LogP contribution in [0.5, 0.6) is 0 Å². The zero-order valence-electron chi connectivity index (χ0n) is 10.1. The molecule has 0 saturated heterocycles. The SMILES string of the molecule is CCCCC(C)NS(=O)(=O)c1ccc(CO)s1. The minimum absolute atomic E-state index is 0.0559. The number of aliphatic hydroxyl groups excluding tert-OH is 1. The van der Waals surface area contributed by atoms with Crippen LogP contribution in [0, 0.1) is 0 Å². The molecule has 0 aliphatic heterocycles. The third-order valence-corrected chi connectivity index (χ3v) is 5.56. The zero-order valence-corrected chi connectivity index (χ0v) is 11.8. The Hall–Kier alpha value is -0.430. The topological polar surface area (TPSA) is 66.4 Å². The van der Waals surface area contributed by atoms with E-state index < -0.39 is 10.0 Å². The lowest BCUT2D eigenvalue weighted by atomic mass is 10.2. The monoisotopic (exact) mass is 277 g/mol. The number of sulfonamides is 1. The van der Waals surface area contributed by atoms with Crippen LogP contribution in [-0.4, -0.2) is 19.6 Å². The van der Waals surface area contributed by atoms with E-state index in [-0.39, 0.29) is 16.9 Å². The first-order chi connectivity index (χ1) is 7.99. The Balaban J connectivity index is 2.68. The van der Waals surface area contributed by atoms with Crippen molar-refractivity contribution in [2.45, 2.75) is 50.0 Å². The quantitative estimate of drug-likeness (QED) is 0.802. The van der Waals surface area contributed by atoms with Crippen LogP contribution in [0.25, 0.3) is 0 Å². The van der Waals surface area contributed by atoms with Gasteiger partial charge in [-0.05, 0) is 25.5 Å². The number of unbranched alkanes of at least 4 members (excludes halogenated alkanes) is 1. The smallest absolute Gasteiger partial charge is 0.250 e. The fourth-order valence-electron chi connectivity index (χ4n) is 1.48. The van der Waals surface area contributed by atoms with Gasteiger partial charge in [0.2, 0.25) is 10.0 Å². The molecule has 1 aromatic heterocycles. The third kappa shape index (κ3) is 4.39. The maximum atomic E-state index is 12.0. The van der Waals surface area contributed by atoms with Crippen molar-refractivity contribution in [2.75, 3.05) is 0 Å². The van der Waals surface area contributed by atoms with Crippen LogP contribution in [0.4, 0.5) is 0 Å². The molecule has 17 heavy (non-hydrogen) atoms. The summed E-state index contributed by atoms with van der Waals surface area (Å²) in [7, 11) is -3.42. The van der Waals surface area contributed by atoms with E-state index in [2.05, 4.69) is 11.6 Å². The molecule has 0 bridgehead atoms. The van der Waals surface area contributed by atoms with Gasteiger partial charge in [-0.25, -0.2) is 13.1 Å². The number of hydrogen-bond donors (Lipinski definition) is 2. The fraction of sp³-hybridized carbons (Fsp3) is 0.636. The van der Waals surface area contributed by atoms with Crippen LogP contribution in [0.1, 0.15) is 38.0 Å². The number of nitrogens with one attached hydrogen (secondary N) is 1. The van der Waals surface area contributed by atoms with E-state index in [1.165, 1.54) is 6.07 Å². The standard InChI is InChI=1S/C11H19NO3S2/c1-3-4-5-9(2)12-17(14,15)11-7-6-10(8-13)16-11/h6-7,9,12-13H,3-5,8H2,1-2H3. The summed E-state index contributed by atoms with van der Waals surface area (Å²) in [4.78, 5) is 0.659. The van der Waals surface area contributed by atoms with Gasteiger partial charge < -0.3 is 5.11 Å². The summed E-state index contributed by atoms with van der Waals surface area (Å²) < 4.78 is 26.8. The first kappa shape index (κ1) is 14.6. The van der Waals surface area contributed by atoms with Crippen molar-refractivity contribution in [2.24, 2.45) is 0 Å². The predicted molar refractivity (Wildman–Crippen MR) is 69.6 cm³/mol. The summed E-state index contributed by atoms with van der Waals surface area (Å²) in [6.45, 7) is 3.83. The molecule has 0 amide bonds. The second-order valence-corrected chi connectivity index (χ2v) is 7.15. The molecule has 0 aliphatic carbocycles. The maximum Gasteiger partial charge on any atom is 0.250 e. The third-order valence-electron chi connectivity index (χ3n) is 2.40. The summed E-state index contributed by atoms with van der Waals surface area (Å²) in [5.41, 5.74) is 0. The molecule has 6 heteroatoms. The molecule has 0 spiro atoms. The van der Waals surface area contributed by atoms with Gasteiger partial charge in [0.05, 0.1) is 6.61 Å². The van der Waals surface area contributed by atoms with Crippen molar-refractivity contribution in [3.63, 3.8) is 0 Å². The van der Waals surface area contributed by atoms with E-state index in [1.807, 2.05) is 6.92 Å². The normalized spacial score (nSPS) is 13.8. The zero-order chi connectivity index (χ0) is 12.9. The lowest BCUT2D eigenvalue weighted by Crippen LogP contribution is -2.32. The molecule has 0 aliphatic rings. The molecule has 1 heterocycles. The molecule has 0 saturated carbocycles. The highest BCUT2D eigenvalue weighted by atomic mass is 32.2. The van der Waals surface area contributed by atoms with Crippen molar-refractivity contribution >= 4 is 21.4 Å². The summed E-state index contributed by atoms with van der Waals surface area (Å²) in [5, 5.41) is 8.91. The van der Waals surface area contributed by atoms with Crippen LogP contribution < -0.4 is 4.72 Å². The van der Waals surface area contributed by atoms with Gasteiger partial charge in [0, 0.05) is 10.9 Å². The molecule has 0 aromatic carbocycles. The van der Waals surface area contributed by atoms with Crippen molar-refractivity contribution in [1.29, 1.82) is 0 Å². The Morgan fingerprint density at radius 1 is 1.47 bits per heavy atom. The molecule has 2 N–H and O–H groups in total. The maximum absolute atomic E-state index is 12.0. The van der Waals surface area contributed by atoms with Crippen molar-refractivity contribution in [3.8, 4) is 0 Å². The minimum Gasteiger partial charge on any atom is -0.391 e. The van der Waals surface area contributed by atoms with Crippen molar-refractivity contribution in [1.82, 2.24) is 4.72 Å². The first-order valence-corrected chi connectivity index (χ1v) is 8.01. The Labute approximate surface area is 107 Å². The summed E-state index contributed by atoms with van der Waals surface area (Å²) >= 11 is 1.11. The van der Waals surface area contributed by atoms with E-state index in [0.29, 0.717) is 4.88 Å². The van der Waals surface area contributed by atoms with Crippen molar-refractivity contribution in [3.05, 3.63) is 17.0 Å². The van der Waals surface area contributed by atoms with Gasteiger partial charge in [-0.1, -0.05) is 19.8 Å². The fourth-order valence-corrected chi connectivity index (χ4v) is 3.99. The largest absolute Gasteiger partial charge is 0.391 e. The molecule has 0 fully saturated rings. The molecule has 4 nitrogen and oxygen atoms in total. The van der Waals surface area contributed by atoms with Gasteiger partial charge >= 0.3 is 0 Å². The van der Waals surface area contributed by atoms with E-state index >= 15 is 0 Å². The average Bonchev–Trinajstić information content (AvgIpc) is 2.75. The minimum atomic E-state index is -3.42. The number of thiophene rings is 1. The van der Waals surface area contributed by atoms with Crippen LogP contribution in [-0.2, 0) is 16.6 Å². The van der Waals surface area contributed by atoms with Gasteiger partial charge in [-0.2, -0.15) is 0 Å². The van der Waals surface area contributed by atoms with Gasteiger partial charge in [-0.3, -0.25) is 0 Å². The van der Waals surface area contributed by atoms with E-state index in [9.17, 15) is 8.42 Å². The lowest BCUT2D eigenvalue weighted by molar-refractivity contribution is 0.285. The Kier molecular flexibility index (Phi) is 5.58.